The van der Waals surface area contributed by atoms with Gasteiger partial charge < -0.3 is 10.3 Å². The predicted molar refractivity (Wildman–Crippen MR) is 75.1 cm³/mol. The van der Waals surface area contributed by atoms with Crippen LogP contribution in [0.2, 0.25) is 5.02 Å². The maximum atomic E-state index is 6.00. The van der Waals surface area contributed by atoms with Crippen LogP contribution in [-0.2, 0) is 0 Å². The molecule has 0 aliphatic carbocycles. The van der Waals surface area contributed by atoms with E-state index in [2.05, 4.69) is 16.9 Å². The Labute approximate surface area is 113 Å². The van der Waals surface area contributed by atoms with Gasteiger partial charge >= 0.3 is 0 Å². The van der Waals surface area contributed by atoms with E-state index in [-0.39, 0.29) is 6.04 Å². The second-order valence-corrected chi connectivity index (χ2v) is 5.38. The number of nitrogens with two attached hydrogens (primary N) is 1. The zero-order valence-corrected chi connectivity index (χ0v) is 11.2. The van der Waals surface area contributed by atoms with Gasteiger partial charge in [0.2, 0.25) is 5.95 Å². The van der Waals surface area contributed by atoms with Gasteiger partial charge in [0.15, 0.2) is 0 Å². The van der Waals surface area contributed by atoms with E-state index in [1.165, 1.54) is 0 Å². The summed E-state index contributed by atoms with van der Waals surface area (Å²) in [5.74, 6) is 0.481. The molecule has 0 amide bonds. The summed E-state index contributed by atoms with van der Waals surface area (Å²) in [5.41, 5.74) is 7.78. The number of rotatable bonds is 2. The van der Waals surface area contributed by atoms with Gasteiger partial charge in [-0.1, -0.05) is 11.6 Å². The Morgan fingerprint density at radius 1 is 1.44 bits per heavy atom. The van der Waals surface area contributed by atoms with Crippen molar-refractivity contribution in [1.82, 2.24) is 14.5 Å². The molecule has 3 rings (SSSR count). The number of aromatic nitrogens is 3. The fourth-order valence-electron chi connectivity index (χ4n) is 2.05. The monoisotopic (exact) mass is 278 g/mol. The lowest BCUT2D eigenvalue weighted by atomic mass is 10.3. The molecule has 0 aliphatic heterocycles. The molecular weight excluding hydrogens is 268 g/mol. The van der Waals surface area contributed by atoms with Crippen LogP contribution in [0.3, 0.4) is 0 Å². The maximum absolute atomic E-state index is 6.00. The van der Waals surface area contributed by atoms with Gasteiger partial charge in [0.05, 0.1) is 17.1 Å². The number of thiazole rings is 1. The molecule has 3 aromatic rings. The standard InChI is InChI=1S/C12H11ClN4S/c1-7(11-15-4-5-18-11)17-10-3-2-8(13)6-9(10)16-12(17)14/h2-7H,1H3,(H2,14,16). The maximum Gasteiger partial charge on any atom is 0.201 e. The fraction of sp³-hybridized carbons (Fsp3) is 0.167. The molecule has 0 bridgehead atoms. The lowest BCUT2D eigenvalue weighted by molar-refractivity contribution is 0.662. The Morgan fingerprint density at radius 3 is 3.00 bits per heavy atom. The highest BCUT2D eigenvalue weighted by molar-refractivity contribution is 7.09. The number of benzene rings is 1. The molecular formula is C12H11ClN4S. The zero-order valence-electron chi connectivity index (χ0n) is 9.67. The first-order valence-corrected chi connectivity index (χ1v) is 6.75. The Morgan fingerprint density at radius 2 is 2.28 bits per heavy atom. The average Bonchev–Trinajstić information content (AvgIpc) is 2.94. The fourth-order valence-corrected chi connectivity index (χ4v) is 2.90. The van der Waals surface area contributed by atoms with Crippen molar-refractivity contribution >= 4 is 39.9 Å². The Bertz CT molecular complexity index is 689. The van der Waals surface area contributed by atoms with Crippen LogP contribution < -0.4 is 5.73 Å². The van der Waals surface area contributed by atoms with Crippen LogP contribution in [-0.4, -0.2) is 14.5 Å². The van der Waals surface area contributed by atoms with Crippen molar-refractivity contribution < 1.29 is 0 Å². The lowest BCUT2D eigenvalue weighted by Gasteiger charge is -2.13. The molecule has 2 N–H and O–H groups in total. The van der Waals surface area contributed by atoms with Crippen molar-refractivity contribution in [3.63, 3.8) is 0 Å². The first-order chi connectivity index (χ1) is 8.66. The van der Waals surface area contributed by atoms with Gasteiger partial charge in [0.1, 0.15) is 5.01 Å². The van der Waals surface area contributed by atoms with E-state index in [0.29, 0.717) is 11.0 Å². The van der Waals surface area contributed by atoms with Crippen molar-refractivity contribution in [1.29, 1.82) is 0 Å². The molecule has 1 atom stereocenters. The normalized spacial score (nSPS) is 13.0. The number of anilines is 1. The average molecular weight is 279 g/mol. The molecule has 2 heterocycles. The van der Waals surface area contributed by atoms with E-state index < -0.39 is 0 Å². The van der Waals surface area contributed by atoms with E-state index in [4.69, 9.17) is 17.3 Å². The molecule has 92 valence electrons. The molecule has 0 aliphatic rings. The first-order valence-electron chi connectivity index (χ1n) is 5.49. The smallest absolute Gasteiger partial charge is 0.201 e. The van der Waals surface area contributed by atoms with Gasteiger partial charge in [0.25, 0.3) is 0 Å². The van der Waals surface area contributed by atoms with Gasteiger partial charge in [0, 0.05) is 16.6 Å². The number of fused-ring (bicyclic) bond motifs is 1. The van der Waals surface area contributed by atoms with Crippen molar-refractivity contribution in [2.75, 3.05) is 5.73 Å². The lowest BCUT2D eigenvalue weighted by Crippen LogP contribution is -2.09. The number of hydrogen-bond donors (Lipinski definition) is 1. The summed E-state index contributed by atoms with van der Waals surface area (Å²) in [6, 6.07) is 5.66. The molecule has 0 fully saturated rings. The third-order valence-electron chi connectivity index (χ3n) is 2.87. The number of imidazole rings is 1. The van der Waals surface area contributed by atoms with Crippen molar-refractivity contribution in [2.45, 2.75) is 13.0 Å². The highest BCUT2D eigenvalue weighted by Crippen LogP contribution is 2.29. The van der Waals surface area contributed by atoms with Gasteiger partial charge in [-0.25, -0.2) is 9.97 Å². The highest BCUT2D eigenvalue weighted by Gasteiger charge is 2.17. The van der Waals surface area contributed by atoms with Gasteiger partial charge in [-0.05, 0) is 25.1 Å². The van der Waals surface area contributed by atoms with Gasteiger partial charge in [-0.3, -0.25) is 0 Å². The predicted octanol–water partition coefficient (Wildman–Crippen LogP) is 3.34. The third-order valence-corrected chi connectivity index (χ3v) is 4.06. The van der Waals surface area contributed by atoms with Crippen LogP contribution >= 0.6 is 22.9 Å². The summed E-state index contributed by atoms with van der Waals surface area (Å²) < 4.78 is 1.98. The van der Waals surface area contributed by atoms with E-state index in [9.17, 15) is 0 Å². The van der Waals surface area contributed by atoms with Gasteiger partial charge in [-0.15, -0.1) is 11.3 Å². The van der Waals surface area contributed by atoms with Crippen molar-refractivity contribution in [2.24, 2.45) is 0 Å². The SMILES string of the molecule is CC(c1nccs1)n1c(N)nc2cc(Cl)ccc21. The number of nitrogen functional groups attached to an aromatic ring is 1. The Balaban J connectivity index is 2.19. The second kappa shape index (κ2) is 4.26. The van der Waals surface area contributed by atoms with E-state index in [1.54, 1.807) is 17.5 Å². The molecule has 0 spiro atoms. The third kappa shape index (κ3) is 1.76. The van der Waals surface area contributed by atoms with Crippen LogP contribution in [0, 0.1) is 0 Å². The topological polar surface area (TPSA) is 56.7 Å². The van der Waals surface area contributed by atoms with Crippen LogP contribution in [0.5, 0.6) is 0 Å². The molecule has 0 radical (unpaired) electrons. The summed E-state index contributed by atoms with van der Waals surface area (Å²) in [5, 5.41) is 3.63. The summed E-state index contributed by atoms with van der Waals surface area (Å²) in [7, 11) is 0. The van der Waals surface area contributed by atoms with Crippen LogP contribution in [0.15, 0.2) is 29.8 Å². The molecule has 0 saturated carbocycles. The van der Waals surface area contributed by atoms with Gasteiger partial charge in [-0.2, -0.15) is 0 Å². The first kappa shape index (κ1) is 11.5. The van der Waals surface area contributed by atoms with Crippen molar-refractivity contribution in [3.8, 4) is 0 Å². The Kier molecular flexibility index (Phi) is 2.72. The molecule has 6 heteroatoms. The summed E-state index contributed by atoms with van der Waals surface area (Å²) >= 11 is 7.57. The number of nitrogens with zero attached hydrogens (tertiary/aromatic N) is 3. The molecule has 2 aromatic heterocycles. The van der Waals surface area contributed by atoms with E-state index >= 15 is 0 Å². The second-order valence-electron chi connectivity index (χ2n) is 4.02. The summed E-state index contributed by atoms with van der Waals surface area (Å²) in [4.78, 5) is 8.66. The highest BCUT2D eigenvalue weighted by atomic mass is 35.5. The van der Waals surface area contributed by atoms with Crippen LogP contribution in [0.1, 0.15) is 18.0 Å². The number of hydrogen-bond acceptors (Lipinski definition) is 4. The Hall–Kier alpha value is -1.59. The minimum atomic E-state index is 0.0659. The molecule has 1 aromatic carbocycles. The largest absolute Gasteiger partial charge is 0.369 e. The van der Waals surface area contributed by atoms with E-state index in [0.717, 1.165) is 16.0 Å². The summed E-state index contributed by atoms with van der Waals surface area (Å²) in [6.45, 7) is 2.06. The molecule has 4 nitrogen and oxygen atoms in total. The molecule has 1 unspecified atom stereocenters. The van der Waals surface area contributed by atoms with Crippen LogP contribution in [0.4, 0.5) is 5.95 Å². The number of halogens is 1. The molecule has 18 heavy (non-hydrogen) atoms. The van der Waals surface area contributed by atoms with Crippen LogP contribution in [0.25, 0.3) is 11.0 Å². The summed E-state index contributed by atoms with van der Waals surface area (Å²) in [6.07, 6.45) is 1.79. The zero-order chi connectivity index (χ0) is 12.7. The molecule has 0 saturated heterocycles. The minimum absolute atomic E-state index is 0.0659. The quantitative estimate of drug-likeness (QED) is 0.782. The minimum Gasteiger partial charge on any atom is -0.369 e. The van der Waals surface area contributed by atoms with E-state index in [1.807, 2.05) is 28.1 Å². The van der Waals surface area contributed by atoms with Crippen molar-refractivity contribution in [3.05, 3.63) is 39.8 Å².